The molecule has 1 N–H and O–H groups in total. The van der Waals surface area contributed by atoms with E-state index in [4.69, 9.17) is 0 Å². The van der Waals surface area contributed by atoms with Crippen LogP contribution >= 0.6 is 0 Å². The van der Waals surface area contributed by atoms with E-state index in [0.717, 1.165) is 51.4 Å². The fraction of sp³-hybridized carbons (Fsp3) is 0.516. The molecule has 3 rings (SSSR count). The molecule has 0 aliphatic carbocycles. The first kappa shape index (κ1) is 27.6. The van der Waals surface area contributed by atoms with Gasteiger partial charge >= 0.3 is 5.97 Å². The fourth-order valence-corrected chi connectivity index (χ4v) is 5.31. The number of Topliss-reactive ketones (excluding diaryl/α,β-unsaturated/α-hetero) is 1. The topological polar surface area (TPSA) is 74.7 Å². The van der Waals surface area contributed by atoms with Gasteiger partial charge in [-0.2, -0.15) is 0 Å². The van der Waals surface area contributed by atoms with E-state index in [0.29, 0.717) is 25.3 Å². The van der Waals surface area contributed by atoms with E-state index in [1.165, 1.54) is 16.0 Å². The van der Waals surface area contributed by atoms with Gasteiger partial charge in [-0.05, 0) is 43.2 Å². The van der Waals surface area contributed by atoms with Crippen molar-refractivity contribution in [2.24, 2.45) is 5.41 Å². The third-order valence-corrected chi connectivity index (χ3v) is 7.56. The average Bonchev–Trinajstić information content (AvgIpc) is 2.90. The Morgan fingerprint density at radius 2 is 1.42 bits per heavy atom. The molecule has 1 amide bonds. The van der Waals surface area contributed by atoms with Crippen LogP contribution in [0.4, 0.5) is 0 Å². The third kappa shape index (κ3) is 7.52. The Kier molecular flexibility index (Phi) is 10.3. The molecule has 2 aromatic carbocycles. The molecule has 1 aliphatic rings. The SMILES string of the molecule is CC(C)(CCCCCCCC(c1ccccc1)c1ccccc1)C(=O)C(=O)N1CCCCC1C(=O)O. The summed E-state index contributed by atoms with van der Waals surface area (Å²) in [6.07, 6.45) is 8.97. The van der Waals surface area contributed by atoms with Crippen LogP contribution in [0.15, 0.2) is 60.7 Å². The minimum absolute atomic E-state index is 0.352. The number of carbonyl (C=O) groups is 3. The Bertz CT molecular complexity index is 947. The average molecular weight is 492 g/mol. The van der Waals surface area contributed by atoms with Gasteiger partial charge in [0, 0.05) is 17.9 Å². The van der Waals surface area contributed by atoms with Crippen LogP contribution in [0.5, 0.6) is 0 Å². The summed E-state index contributed by atoms with van der Waals surface area (Å²) in [5, 5.41) is 9.44. The third-order valence-electron chi connectivity index (χ3n) is 7.56. The summed E-state index contributed by atoms with van der Waals surface area (Å²) in [5.41, 5.74) is 1.93. The number of likely N-dealkylation sites (tertiary alicyclic amines) is 1. The van der Waals surface area contributed by atoms with E-state index < -0.39 is 29.1 Å². The highest BCUT2D eigenvalue weighted by atomic mass is 16.4. The number of carboxylic acids is 1. The zero-order chi connectivity index (χ0) is 26.0. The molecule has 0 radical (unpaired) electrons. The molecular formula is C31H41NO4. The number of carboxylic acid groups (broad SMARTS) is 1. The Labute approximate surface area is 215 Å². The van der Waals surface area contributed by atoms with Gasteiger partial charge in [-0.1, -0.05) is 107 Å². The van der Waals surface area contributed by atoms with Gasteiger partial charge in [0.25, 0.3) is 5.91 Å². The molecule has 0 bridgehead atoms. The number of unbranched alkanes of at least 4 members (excludes halogenated alkanes) is 4. The second kappa shape index (κ2) is 13.4. The first-order valence-electron chi connectivity index (χ1n) is 13.5. The normalized spacial score (nSPS) is 16.2. The zero-order valence-corrected chi connectivity index (χ0v) is 21.8. The lowest BCUT2D eigenvalue weighted by Gasteiger charge is -2.34. The predicted molar refractivity (Wildman–Crippen MR) is 143 cm³/mol. The number of aliphatic carboxylic acids is 1. The van der Waals surface area contributed by atoms with Crippen molar-refractivity contribution >= 4 is 17.7 Å². The summed E-state index contributed by atoms with van der Waals surface area (Å²) < 4.78 is 0. The van der Waals surface area contributed by atoms with Crippen LogP contribution in [-0.2, 0) is 14.4 Å². The van der Waals surface area contributed by atoms with Gasteiger partial charge in [0.2, 0.25) is 5.78 Å². The predicted octanol–water partition coefficient (Wildman–Crippen LogP) is 6.61. The molecule has 36 heavy (non-hydrogen) atoms. The molecule has 0 aromatic heterocycles. The van der Waals surface area contributed by atoms with Crippen molar-refractivity contribution in [2.45, 2.75) is 90.0 Å². The highest BCUT2D eigenvalue weighted by molar-refractivity contribution is 6.38. The molecule has 1 unspecified atom stereocenters. The lowest BCUT2D eigenvalue weighted by molar-refractivity contribution is -0.158. The van der Waals surface area contributed by atoms with Crippen molar-refractivity contribution in [3.63, 3.8) is 0 Å². The summed E-state index contributed by atoms with van der Waals surface area (Å²) >= 11 is 0. The van der Waals surface area contributed by atoms with Crippen LogP contribution in [0.3, 0.4) is 0 Å². The Balaban J connectivity index is 1.42. The van der Waals surface area contributed by atoms with Gasteiger partial charge in [-0.3, -0.25) is 9.59 Å². The summed E-state index contributed by atoms with van der Waals surface area (Å²) in [7, 11) is 0. The second-order valence-corrected chi connectivity index (χ2v) is 10.7. The van der Waals surface area contributed by atoms with Gasteiger partial charge in [-0.15, -0.1) is 0 Å². The number of amides is 1. The highest BCUT2D eigenvalue weighted by Gasteiger charge is 2.40. The number of hydrogen-bond donors (Lipinski definition) is 1. The van der Waals surface area contributed by atoms with Crippen LogP contribution in [0, 0.1) is 5.41 Å². The van der Waals surface area contributed by atoms with Gasteiger partial charge < -0.3 is 10.0 Å². The van der Waals surface area contributed by atoms with Crippen LogP contribution in [-0.4, -0.2) is 40.3 Å². The van der Waals surface area contributed by atoms with Crippen LogP contribution in [0.2, 0.25) is 0 Å². The first-order chi connectivity index (χ1) is 17.3. The monoisotopic (exact) mass is 491 g/mol. The maximum Gasteiger partial charge on any atom is 0.326 e. The van der Waals surface area contributed by atoms with Gasteiger partial charge in [-0.25, -0.2) is 4.79 Å². The van der Waals surface area contributed by atoms with E-state index in [9.17, 15) is 19.5 Å². The Morgan fingerprint density at radius 3 is 2.00 bits per heavy atom. The molecular weight excluding hydrogens is 450 g/mol. The maximum absolute atomic E-state index is 13.0. The van der Waals surface area contributed by atoms with Crippen LogP contribution < -0.4 is 0 Å². The number of piperidine rings is 1. The van der Waals surface area contributed by atoms with Gasteiger partial charge in [0.1, 0.15) is 6.04 Å². The number of hydrogen-bond acceptors (Lipinski definition) is 3. The minimum Gasteiger partial charge on any atom is -0.480 e. The molecule has 5 heteroatoms. The minimum atomic E-state index is -1.02. The van der Waals surface area contributed by atoms with Crippen molar-refractivity contribution in [3.8, 4) is 0 Å². The van der Waals surface area contributed by atoms with E-state index in [1.54, 1.807) is 0 Å². The summed E-state index contributed by atoms with van der Waals surface area (Å²) in [6, 6.07) is 20.5. The van der Waals surface area contributed by atoms with E-state index in [1.807, 2.05) is 13.8 Å². The van der Waals surface area contributed by atoms with Gasteiger partial charge in [0.15, 0.2) is 0 Å². The molecule has 1 saturated heterocycles. The number of nitrogens with zero attached hydrogens (tertiary/aromatic N) is 1. The van der Waals surface area contributed by atoms with Crippen molar-refractivity contribution < 1.29 is 19.5 Å². The Hall–Kier alpha value is -2.95. The van der Waals surface area contributed by atoms with E-state index in [-0.39, 0.29) is 0 Å². The Morgan fingerprint density at radius 1 is 0.861 bits per heavy atom. The molecule has 1 fully saturated rings. The van der Waals surface area contributed by atoms with Crippen molar-refractivity contribution in [1.82, 2.24) is 4.90 Å². The molecule has 0 saturated carbocycles. The highest BCUT2D eigenvalue weighted by Crippen LogP contribution is 2.31. The fourth-order valence-electron chi connectivity index (χ4n) is 5.31. The number of benzene rings is 2. The van der Waals surface area contributed by atoms with Crippen LogP contribution in [0.25, 0.3) is 0 Å². The quantitative estimate of drug-likeness (QED) is 0.253. The smallest absolute Gasteiger partial charge is 0.326 e. The molecule has 1 aliphatic heterocycles. The standard InChI is InChI=1S/C31H41NO4/c1-31(2,28(33)29(34)32-23-15-13-21-27(32)30(35)36)22-14-5-3-4-12-20-26(24-16-8-6-9-17-24)25-18-10-7-11-19-25/h6-11,16-19,26-27H,3-5,12-15,20-23H2,1-2H3,(H,35,36). The van der Waals surface area contributed by atoms with E-state index in [2.05, 4.69) is 60.7 Å². The summed E-state index contributed by atoms with van der Waals surface area (Å²) in [5.74, 6) is -1.70. The number of rotatable bonds is 13. The molecule has 1 atom stereocenters. The van der Waals surface area contributed by atoms with E-state index >= 15 is 0 Å². The summed E-state index contributed by atoms with van der Waals surface area (Å²) in [6.45, 7) is 3.99. The molecule has 1 heterocycles. The first-order valence-corrected chi connectivity index (χ1v) is 13.5. The molecule has 194 valence electrons. The van der Waals surface area contributed by atoms with Crippen molar-refractivity contribution in [3.05, 3.63) is 71.8 Å². The van der Waals surface area contributed by atoms with Crippen molar-refractivity contribution in [1.29, 1.82) is 0 Å². The molecule has 5 nitrogen and oxygen atoms in total. The zero-order valence-electron chi connectivity index (χ0n) is 21.8. The molecule has 0 spiro atoms. The maximum atomic E-state index is 13.0. The van der Waals surface area contributed by atoms with Crippen molar-refractivity contribution in [2.75, 3.05) is 6.54 Å². The lowest BCUT2D eigenvalue weighted by Crippen LogP contribution is -2.52. The van der Waals surface area contributed by atoms with Gasteiger partial charge in [0.05, 0.1) is 0 Å². The number of carbonyl (C=O) groups excluding carboxylic acids is 2. The largest absolute Gasteiger partial charge is 0.480 e. The number of ketones is 1. The molecule has 2 aromatic rings. The summed E-state index contributed by atoms with van der Waals surface area (Å²) in [4.78, 5) is 38.6. The van der Waals surface area contributed by atoms with Crippen LogP contribution in [0.1, 0.15) is 95.1 Å². The lowest BCUT2D eigenvalue weighted by atomic mass is 9.81. The second-order valence-electron chi connectivity index (χ2n) is 10.7.